The fraction of sp³-hybridized carbons (Fsp3) is 0.417. The third-order valence-corrected chi connectivity index (χ3v) is 3.01. The van der Waals surface area contributed by atoms with Crippen molar-refractivity contribution in [2.24, 2.45) is 0 Å². The minimum atomic E-state index is -1.77. The summed E-state index contributed by atoms with van der Waals surface area (Å²) in [6, 6.07) is 5.86. The number of hydrogen-bond acceptors (Lipinski definition) is 1. The highest BCUT2D eigenvalue weighted by molar-refractivity contribution is 5.74. The minimum Gasteiger partial charge on any atom is -0.479 e. The molecule has 1 aliphatic rings. The van der Waals surface area contributed by atoms with Crippen LogP contribution in [-0.4, -0.2) is 17.2 Å². The number of carboxylic acids is 1. The predicted molar refractivity (Wildman–Crippen MR) is 54.8 cm³/mol. The number of rotatable bonds is 2. The van der Waals surface area contributed by atoms with Crippen molar-refractivity contribution >= 4 is 5.97 Å². The van der Waals surface area contributed by atoms with E-state index in [1.807, 2.05) is 25.1 Å². The van der Waals surface area contributed by atoms with E-state index in [1.54, 1.807) is 0 Å². The van der Waals surface area contributed by atoms with Gasteiger partial charge in [0.15, 0.2) is 0 Å². The SMILES string of the molecule is Cc1ccc2c(c1)C(C(F)C(=O)O)CC2. The molecule has 2 unspecified atom stereocenters. The second-order valence-electron chi connectivity index (χ2n) is 4.09. The highest BCUT2D eigenvalue weighted by atomic mass is 19.1. The molecular formula is C12H13FO2. The Labute approximate surface area is 87.7 Å². The first-order valence-corrected chi connectivity index (χ1v) is 5.06. The quantitative estimate of drug-likeness (QED) is 0.810. The number of carboxylic acid groups (broad SMARTS) is 1. The first-order valence-electron chi connectivity index (χ1n) is 5.06. The zero-order valence-corrected chi connectivity index (χ0v) is 8.53. The third-order valence-electron chi connectivity index (χ3n) is 3.01. The first kappa shape index (κ1) is 10.1. The summed E-state index contributed by atoms with van der Waals surface area (Å²) in [7, 11) is 0. The Morgan fingerprint density at radius 1 is 1.60 bits per heavy atom. The van der Waals surface area contributed by atoms with Crippen molar-refractivity contribution in [1.82, 2.24) is 0 Å². The first-order chi connectivity index (χ1) is 7.09. The summed E-state index contributed by atoms with van der Waals surface area (Å²) >= 11 is 0. The summed E-state index contributed by atoms with van der Waals surface area (Å²) < 4.78 is 13.4. The molecule has 1 aromatic rings. The molecule has 1 aliphatic carbocycles. The van der Waals surface area contributed by atoms with Crippen LogP contribution in [0.2, 0.25) is 0 Å². The second kappa shape index (κ2) is 3.65. The van der Waals surface area contributed by atoms with E-state index in [2.05, 4.69) is 0 Å². The second-order valence-corrected chi connectivity index (χ2v) is 4.09. The van der Waals surface area contributed by atoms with E-state index in [0.29, 0.717) is 6.42 Å². The number of fused-ring (bicyclic) bond motifs is 1. The van der Waals surface area contributed by atoms with Crippen LogP contribution in [-0.2, 0) is 11.2 Å². The molecule has 0 aromatic heterocycles. The van der Waals surface area contributed by atoms with Crippen LogP contribution in [0, 0.1) is 6.92 Å². The van der Waals surface area contributed by atoms with Crippen molar-refractivity contribution in [2.45, 2.75) is 31.9 Å². The van der Waals surface area contributed by atoms with Gasteiger partial charge in [-0.05, 0) is 30.9 Å². The maximum Gasteiger partial charge on any atom is 0.338 e. The molecule has 1 aromatic carbocycles. The zero-order valence-electron chi connectivity index (χ0n) is 8.53. The highest BCUT2D eigenvalue weighted by Crippen LogP contribution is 2.37. The van der Waals surface area contributed by atoms with Gasteiger partial charge in [0, 0.05) is 5.92 Å². The molecule has 2 atom stereocenters. The molecule has 0 spiro atoms. The lowest BCUT2D eigenvalue weighted by molar-refractivity contribution is -0.143. The van der Waals surface area contributed by atoms with Gasteiger partial charge >= 0.3 is 5.97 Å². The predicted octanol–water partition coefficient (Wildman–Crippen LogP) is 2.45. The van der Waals surface area contributed by atoms with Crippen molar-refractivity contribution < 1.29 is 14.3 Å². The van der Waals surface area contributed by atoms with Gasteiger partial charge in [0.25, 0.3) is 0 Å². The molecule has 1 N–H and O–H groups in total. The van der Waals surface area contributed by atoms with Crippen LogP contribution < -0.4 is 0 Å². The van der Waals surface area contributed by atoms with Gasteiger partial charge < -0.3 is 5.11 Å². The number of benzene rings is 1. The minimum absolute atomic E-state index is 0.461. The normalized spacial score (nSPS) is 21.1. The number of aliphatic carboxylic acids is 1. The Hall–Kier alpha value is -1.38. The molecule has 0 heterocycles. The maximum atomic E-state index is 13.4. The largest absolute Gasteiger partial charge is 0.479 e. The smallest absolute Gasteiger partial charge is 0.338 e. The van der Waals surface area contributed by atoms with Gasteiger partial charge in [-0.25, -0.2) is 9.18 Å². The average molecular weight is 208 g/mol. The molecule has 0 saturated carbocycles. The molecule has 2 nitrogen and oxygen atoms in total. The summed E-state index contributed by atoms with van der Waals surface area (Å²) in [5, 5.41) is 8.66. The lowest BCUT2D eigenvalue weighted by Gasteiger charge is -2.13. The Kier molecular flexibility index (Phi) is 2.47. The number of aryl methyl sites for hydroxylation is 2. The topological polar surface area (TPSA) is 37.3 Å². The molecule has 0 radical (unpaired) electrons. The van der Waals surface area contributed by atoms with Gasteiger partial charge in [-0.2, -0.15) is 0 Å². The van der Waals surface area contributed by atoms with E-state index in [9.17, 15) is 9.18 Å². The fourth-order valence-electron chi connectivity index (χ4n) is 2.23. The van der Waals surface area contributed by atoms with Crippen LogP contribution in [0.4, 0.5) is 4.39 Å². The van der Waals surface area contributed by atoms with E-state index in [-0.39, 0.29) is 0 Å². The maximum absolute atomic E-state index is 13.4. The Bertz CT molecular complexity index is 401. The van der Waals surface area contributed by atoms with E-state index in [0.717, 1.165) is 23.1 Å². The fourth-order valence-corrected chi connectivity index (χ4v) is 2.23. The Morgan fingerprint density at radius 3 is 3.00 bits per heavy atom. The van der Waals surface area contributed by atoms with E-state index in [1.165, 1.54) is 0 Å². The number of alkyl halides is 1. The van der Waals surface area contributed by atoms with E-state index >= 15 is 0 Å². The summed E-state index contributed by atoms with van der Waals surface area (Å²) in [5.74, 6) is -1.81. The lowest BCUT2D eigenvalue weighted by Crippen LogP contribution is -2.21. The van der Waals surface area contributed by atoms with Crippen LogP contribution in [0.1, 0.15) is 29.0 Å². The molecule has 3 heteroatoms. The van der Waals surface area contributed by atoms with Crippen molar-refractivity contribution in [2.75, 3.05) is 0 Å². The van der Waals surface area contributed by atoms with Gasteiger partial charge in [-0.15, -0.1) is 0 Å². The van der Waals surface area contributed by atoms with Gasteiger partial charge in [-0.3, -0.25) is 0 Å². The molecule has 15 heavy (non-hydrogen) atoms. The molecule has 80 valence electrons. The number of halogens is 1. The Balaban J connectivity index is 2.35. The van der Waals surface area contributed by atoms with Crippen LogP contribution in [0.5, 0.6) is 0 Å². The molecule has 0 saturated heterocycles. The van der Waals surface area contributed by atoms with Crippen molar-refractivity contribution in [3.05, 3.63) is 34.9 Å². The zero-order chi connectivity index (χ0) is 11.0. The van der Waals surface area contributed by atoms with E-state index in [4.69, 9.17) is 5.11 Å². The Morgan fingerprint density at radius 2 is 2.33 bits per heavy atom. The van der Waals surface area contributed by atoms with Crippen LogP contribution in [0.15, 0.2) is 18.2 Å². The summed E-state index contributed by atoms with van der Waals surface area (Å²) in [6.45, 7) is 1.93. The average Bonchev–Trinajstić information content (AvgIpc) is 2.59. The van der Waals surface area contributed by atoms with E-state index < -0.39 is 18.1 Å². The molecule has 0 aliphatic heterocycles. The molecular weight excluding hydrogens is 195 g/mol. The van der Waals surface area contributed by atoms with Gasteiger partial charge in [0.2, 0.25) is 6.17 Å². The summed E-state index contributed by atoms with van der Waals surface area (Å²) in [6.07, 6.45) is -0.381. The van der Waals surface area contributed by atoms with Gasteiger partial charge in [-0.1, -0.05) is 23.8 Å². The van der Waals surface area contributed by atoms with Crippen LogP contribution >= 0.6 is 0 Å². The number of hydrogen-bond donors (Lipinski definition) is 1. The van der Waals surface area contributed by atoms with Gasteiger partial charge in [0.05, 0.1) is 0 Å². The molecule has 0 amide bonds. The molecule has 2 rings (SSSR count). The monoisotopic (exact) mass is 208 g/mol. The van der Waals surface area contributed by atoms with Crippen molar-refractivity contribution in [3.8, 4) is 0 Å². The summed E-state index contributed by atoms with van der Waals surface area (Å²) in [5.41, 5.74) is 3.03. The van der Waals surface area contributed by atoms with Crippen molar-refractivity contribution in [1.29, 1.82) is 0 Å². The van der Waals surface area contributed by atoms with Crippen LogP contribution in [0.25, 0.3) is 0 Å². The number of carbonyl (C=O) groups is 1. The summed E-state index contributed by atoms with van der Waals surface area (Å²) in [4.78, 5) is 10.6. The van der Waals surface area contributed by atoms with Crippen molar-refractivity contribution in [3.63, 3.8) is 0 Å². The van der Waals surface area contributed by atoms with Crippen LogP contribution in [0.3, 0.4) is 0 Å². The molecule has 0 bridgehead atoms. The molecule has 0 fully saturated rings. The van der Waals surface area contributed by atoms with Gasteiger partial charge in [0.1, 0.15) is 0 Å². The highest BCUT2D eigenvalue weighted by Gasteiger charge is 2.34. The standard InChI is InChI=1S/C12H13FO2/c1-7-2-3-8-4-5-9(10(8)6-7)11(13)12(14)15/h2-3,6,9,11H,4-5H2,1H3,(H,14,15). The third kappa shape index (κ3) is 1.74. The lowest BCUT2D eigenvalue weighted by atomic mass is 9.95.